The standard InChI is InChI=1S/C16H18N2O2/c1-17-16-7-6-13-12-10-15(20-3)14(19-2)9-11(12)5-4-8-18(13)16/h4,6-10,17H,5H2,1-3H3. The maximum absolute atomic E-state index is 5.42. The molecule has 0 bridgehead atoms. The van der Waals surface area contributed by atoms with Crippen LogP contribution in [0, 0.1) is 0 Å². The van der Waals surface area contributed by atoms with Crippen molar-refractivity contribution >= 4 is 12.0 Å². The van der Waals surface area contributed by atoms with E-state index in [2.05, 4.69) is 40.4 Å². The minimum atomic E-state index is 0.756. The van der Waals surface area contributed by atoms with Gasteiger partial charge in [0.15, 0.2) is 11.5 Å². The van der Waals surface area contributed by atoms with Gasteiger partial charge in [0.2, 0.25) is 0 Å². The van der Waals surface area contributed by atoms with Gasteiger partial charge in [-0.25, -0.2) is 0 Å². The molecule has 0 saturated heterocycles. The summed E-state index contributed by atoms with van der Waals surface area (Å²) >= 11 is 0. The topological polar surface area (TPSA) is 35.4 Å². The van der Waals surface area contributed by atoms with Crippen LogP contribution in [0.5, 0.6) is 11.5 Å². The van der Waals surface area contributed by atoms with Gasteiger partial charge in [-0.05, 0) is 36.2 Å². The molecule has 0 spiro atoms. The van der Waals surface area contributed by atoms with E-state index in [1.807, 2.05) is 13.1 Å². The van der Waals surface area contributed by atoms with Crippen molar-refractivity contribution in [2.75, 3.05) is 26.6 Å². The number of methoxy groups -OCH3 is 2. The summed E-state index contributed by atoms with van der Waals surface area (Å²) in [6.07, 6.45) is 5.13. The number of nitrogens with zero attached hydrogens (tertiary/aromatic N) is 1. The third-order valence-corrected chi connectivity index (χ3v) is 3.65. The first kappa shape index (κ1) is 12.7. The molecular formula is C16H18N2O2. The number of anilines is 1. The Morgan fingerprint density at radius 1 is 1.10 bits per heavy atom. The fraction of sp³-hybridized carbons (Fsp3) is 0.250. The first-order valence-electron chi connectivity index (χ1n) is 6.59. The summed E-state index contributed by atoms with van der Waals surface area (Å²) < 4.78 is 13.0. The lowest BCUT2D eigenvalue weighted by atomic mass is 10.0. The number of allylic oxidation sites excluding steroid dienone is 1. The minimum Gasteiger partial charge on any atom is -0.493 e. The van der Waals surface area contributed by atoms with Crippen LogP contribution in [0.3, 0.4) is 0 Å². The summed E-state index contributed by atoms with van der Waals surface area (Å²) in [7, 11) is 5.26. The summed E-state index contributed by atoms with van der Waals surface area (Å²) in [4.78, 5) is 0. The quantitative estimate of drug-likeness (QED) is 0.930. The van der Waals surface area contributed by atoms with Gasteiger partial charge in [-0.1, -0.05) is 6.08 Å². The van der Waals surface area contributed by atoms with E-state index >= 15 is 0 Å². The van der Waals surface area contributed by atoms with Crippen molar-refractivity contribution in [3.63, 3.8) is 0 Å². The monoisotopic (exact) mass is 270 g/mol. The van der Waals surface area contributed by atoms with Crippen LogP contribution in [0.1, 0.15) is 5.56 Å². The molecule has 0 saturated carbocycles. The van der Waals surface area contributed by atoms with Gasteiger partial charge in [0, 0.05) is 18.8 Å². The molecule has 0 atom stereocenters. The molecule has 0 aliphatic carbocycles. The van der Waals surface area contributed by atoms with Crippen molar-refractivity contribution in [3.8, 4) is 22.8 Å². The van der Waals surface area contributed by atoms with Crippen LogP contribution in [0.25, 0.3) is 17.5 Å². The fourth-order valence-electron chi connectivity index (χ4n) is 2.65. The number of benzene rings is 1. The normalized spacial score (nSPS) is 12.3. The summed E-state index contributed by atoms with van der Waals surface area (Å²) in [5.41, 5.74) is 3.56. The first-order chi connectivity index (χ1) is 9.78. The van der Waals surface area contributed by atoms with Crippen molar-refractivity contribution in [2.45, 2.75) is 6.42 Å². The molecule has 104 valence electrons. The zero-order valence-electron chi connectivity index (χ0n) is 11.9. The minimum absolute atomic E-state index is 0.756. The SMILES string of the molecule is CNc1ccc2n1C=CCc1cc(OC)c(OC)cc1-2. The van der Waals surface area contributed by atoms with Crippen LogP contribution < -0.4 is 14.8 Å². The molecule has 0 amide bonds. The molecule has 4 heteroatoms. The fourth-order valence-corrected chi connectivity index (χ4v) is 2.65. The molecule has 1 aliphatic heterocycles. The number of fused-ring (bicyclic) bond motifs is 3. The summed E-state index contributed by atoms with van der Waals surface area (Å²) in [5, 5.41) is 3.20. The molecule has 0 fully saturated rings. The predicted molar refractivity (Wildman–Crippen MR) is 81.6 cm³/mol. The third kappa shape index (κ3) is 1.84. The Labute approximate surface area is 118 Å². The Morgan fingerprint density at radius 3 is 2.55 bits per heavy atom. The van der Waals surface area contributed by atoms with Gasteiger partial charge in [0.1, 0.15) is 5.82 Å². The average molecular weight is 270 g/mol. The molecular weight excluding hydrogens is 252 g/mol. The van der Waals surface area contributed by atoms with Crippen molar-refractivity contribution in [1.82, 2.24) is 4.57 Å². The molecule has 0 unspecified atom stereocenters. The molecule has 1 aromatic heterocycles. The van der Waals surface area contributed by atoms with E-state index in [1.165, 1.54) is 11.1 Å². The van der Waals surface area contributed by atoms with E-state index in [0.29, 0.717) is 0 Å². The number of ether oxygens (including phenoxy) is 2. The highest BCUT2D eigenvalue weighted by molar-refractivity contribution is 5.75. The number of hydrogen-bond donors (Lipinski definition) is 1. The average Bonchev–Trinajstić information content (AvgIpc) is 2.81. The van der Waals surface area contributed by atoms with Crippen LogP contribution in [0.2, 0.25) is 0 Å². The van der Waals surface area contributed by atoms with Gasteiger partial charge in [0.25, 0.3) is 0 Å². The van der Waals surface area contributed by atoms with Crippen LogP contribution in [0.15, 0.2) is 30.3 Å². The Bertz CT molecular complexity index is 671. The van der Waals surface area contributed by atoms with Gasteiger partial charge in [-0.3, -0.25) is 0 Å². The Hall–Kier alpha value is -2.36. The van der Waals surface area contributed by atoms with E-state index < -0.39 is 0 Å². The van der Waals surface area contributed by atoms with E-state index in [1.54, 1.807) is 14.2 Å². The van der Waals surface area contributed by atoms with Gasteiger partial charge in [0.05, 0.1) is 19.9 Å². The van der Waals surface area contributed by atoms with Crippen LogP contribution in [-0.2, 0) is 6.42 Å². The summed E-state index contributed by atoms with van der Waals surface area (Å²) in [5.74, 6) is 2.60. The van der Waals surface area contributed by atoms with E-state index in [4.69, 9.17) is 9.47 Å². The molecule has 4 nitrogen and oxygen atoms in total. The van der Waals surface area contributed by atoms with Gasteiger partial charge in [-0.15, -0.1) is 0 Å². The highest BCUT2D eigenvalue weighted by Crippen LogP contribution is 2.38. The van der Waals surface area contributed by atoms with Gasteiger partial charge in [-0.2, -0.15) is 0 Å². The number of aromatic nitrogens is 1. The molecule has 1 aliphatic rings. The van der Waals surface area contributed by atoms with Crippen LogP contribution >= 0.6 is 0 Å². The molecule has 0 radical (unpaired) electrons. The van der Waals surface area contributed by atoms with Gasteiger partial charge < -0.3 is 19.4 Å². The number of rotatable bonds is 3. The number of nitrogens with one attached hydrogen (secondary N) is 1. The van der Waals surface area contributed by atoms with Crippen LogP contribution in [0.4, 0.5) is 5.82 Å². The maximum atomic E-state index is 5.42. The lowest BCUT2D eigenvalue weighted by molar-refractivity contribution is 0.355. The summed E-state index contributed by atoms with van der Waals surface area (Å²) in [6, 6.07) is 8.30. The van der Waals surface area contributed by atoms with Crippen LogP contribution in [-0.4, -0.2) is 25.8 Å². The smallest absolute Gasteiger partial charge is 0.161 e. The van der Waals surface area contributed by atoms with Crippen molar-refractivity contribution in [2.24, 2.45) is 0 Å². The molecule has 20 heavy (non-hydrogen) atoms. The molecule has 1 aromatic carbocycles. The van der Waals surface area contributed by atoms with E-state index in [9.17, 15) is 0 Å². The molecule has 3 rings (SSSR count). The van der Waals surface area contributed by atoms with Gasteiger partial charge >= 0.3 is 0 Å². The van der Waals surface area contributed by atoms with Crippen molar-refractivity contribution < 1.29 is 9.47 Å². The predicted octanol–water partition coefficient (Wildman–Crippen LogP) is 3.24. The zero-order valence-corrected chi connectivity index (χ0v) is 11.9. The second kappa shape index (κ2) is 4.96. The third-order valence-electron chi connectivity index (χ3n) is 3.65. The second-order valence-electron chi connectivity index (χ2n) is 4.68. The van der Waals surface area contributed by atoms with E-state index in [-0.39, 0.29) is 0 Å². The highest BCUT2D eigenvalue weighted by atomic mass is 16.5. The summed E-state index contributed by atoms with van der Waals surface area (Å²) in [6.45, 7) is 0. The number of hydrogen-bond acceptors (Lipinski definition) is 3. The first-order valence-corrected chi connectivity index (χ1v) is 6.59. The highest BCUT2D eigenvalue weighted by Gasteiger charge is 2.17. The Balaban J connectivity index is 2.23. The maximum Gasteiger partial charge on any atom is 0.161 e. The molecule has 2 heterocycles. The molecule has 1 N–H and O–H groups in total. The lowest BCUT2D eigenvalue weighted by Crippen LogP contribution is -1.98. The lowest BCUT2D eigenvalue weighted by Gasteiger charge is -2.14. The second-order valence-corrected chi connectivity index (χ2v) is 4.68. The Morgan fingerprint density at radius 2 is 1.85 bits per heavy atom. The van der Waals surface area contributed by atoms with Crippen molar-refractivity contribution in [1.29, 1.82) is 0 Å². The Kier molecular flexibility index (Phi) is 3.14. The zero-order chi connectivity index (χ0) is 14.1. The largest absolute Gasteiger partial charge is 0.493 e. The molecule has 2 aromatic rings. The van der Waals surface area contributed by atoms with E-state index in [0.717, 1.165) is 29.4 Å². The van der Waals surface area contributed by atoms with Crippen molar-refractivity contribution in [3.05, 3.63) is 35.9 Å².